The molecule has 0 saturated carbocycles. The van der Waals surface area contributed by atoms with Crippen LogP contribution in [0.2, 0.25) is 0 Å². The molecule has 2 amide bonds. The zero-order chi connectivity index (χ0) is 13.8. The van der Waals surface area contributed by atoms with E-state index in [-0.39, 0.29) is 24.0 Å². The average Bonchev–Trinajstić information content (AvgIpc) is 2.38. The van der Waals surface area contributed by atoms with E-state index in [1.807, 2.05) is 19.9 Å². The Morgan fingerprint density at radius 1 is 1.53 bits per heavy atom. The maximum Gasteiger partial charge on any atom is 0.317 e. The monoisotopic (exact) mass is 266 g/mol. The number of nitrogens with one attached hydrogen (secondary N) is 1. The summed E-state index contributed by atoms with van der Waals surface area (Å²) in [6, 6.07) is 6.32. The Bertz CT molecular complexity index is 451. The second kappa shape index (κ2) is 6.02. The molecule has 0 aromatic heterocycles. The van der Waals surface area contributed by atoms with Crippen molar-refractivity contribution < 1.29 is 13.9 Å². The molecular weight excluding hydrogens is 247 g/mol. The first-order valence-electron chi connectivity index (χ1n) is 6.49. The number of rotatable bonds is 2. The molecular formula is C14H19FN2O2. The van der Waals surface area contributed by atoms with Crippen molar-refractivity contribution in [1.82, 2.24) is 10.2 Å². The highest BCUT2D eigenvalue weighted by Gasteiger charge is 2.25. The Kier molecular flexibility index (Phi) is 4.37. The summed E-state index contributed by atoms with van der Waals surface area (Å²) in [5.41, 5.74) is 0.766. The van der Waals surface area contributed by atoms with Crippen molar-refractivity contribution >= 4 is 6.03 Å². The Morgan fingerprint density at radius 2 is 2.32 bits per heavy atom. The Hall–Kier alpha value is -1.62. The molecule has 19 heavy (non-hydrogen) atoms. The number of urea groups is 1. The first kappa shape index (κ1) is 13.8. The molecule has 1 saturated heterocycles. The summed E-state index contributed by atoms with van der Waals surface area (Å²) in [6.07, 6.45) is -0.262. The third kappa shape index (κ3) is 3.67. The molecule has 0 spiro atoms. The van der Waals surface area contributed by atoms with Crippen LogP contribution < -0.4 is 5.32 Å². The van der Waals surface area contributed by atoms with Crippen LogP contribution in [0.15, 0.2) is 24.3 Å². The number of hydrogen-bond donors (Lipinski definition) is 1. The molecule has 2 rings (SSSR count). The number of ether oxygens (including phenoxy) is 1. The molecule has 1 aliphatic rings. The topological polar surface area (TPSA) is 41.6 Å². The molecule has 104 valence electrons. The molecule has 1 atom stereocenters. The van der Waals surface area contributed by atoms with E-state index in [4.69, 9.17) is 4.74 Å². The third-order valence-electron chi connectivity index (χ3n) is 2.99. The lowest BCUT2D eigenvalue weighted by Gasteiger charge is -2.33. The summed E-state index contributed by atoms with van der Waals surface area (Å²) in [5.74, 6) is -0.287. The summed E-state index contributed by atoms with van der Waals surface area (Å²) in [4.78, 5) is 13.6. The normalized spacial score (nSPS) is 19.6. The van der Waals surface area contributed by atoms with Crippen LogP contribution >= 0.6 is 0 Å². The van der Waals surface area contributed by atoms with E-state index < -0.39 is 0 Å². The van der Waals surface area contributed by atoms with Crippen molar-refractivity contribution in [2.45, 2.75) is 26.0 Å². The van der Waals surface area contributed by atoms with E-state index >= 15 is 0 Å². The van der Waals surface area contributed by atoms with Gasteiger partial charge in [0.1, 0.15) is 11.9 Å². The summed E-state index contributed by atoms with van der Waals surface area (Å²) >= 11 is 0. The fraction of sp³-hybridized carbons (Fsp3) is 0.500. The molecule has 1 N–H and O–H groups in total. The van der Waals surface area contributed by atoms with Gasteiger partial charge in [-0.05, 0) is 31.5 Å². The lowest BCUT2D eigenvalue weighted by Crippen LogP contribution is -2.48. The number of nitrogens with zero attached hydrogens (tertiary/aromatic N) is 1. The maximum atomic E-state index is 13.2. The summed E-state index contributed by atoms with van der Waals surface area (Å²) in [6.45, 7) is 5.31. The Labute approximate surface area is 112 Å². The molecule has 0 radical (unpaired) electrons. The summed E-state index contributed by atoms with van der Waals surface area (Å²) in [5, 5.41) is 2.85. The second-order valence-corrected chi connectivity index (χ2v) is 4.96. The van der Waals surface area contributed by atoms with Gasteiger partial charge in [-0.25, -0.2) is 9.18 Å². The minimum absolute atomic E-state index is 0.0975. The second-order valence-electron chi connectivity index (χ2n) is 4.96. The molecule has 1 aliphatic heterocycles. The third-order valence-corrected chi connectivity index (χ3v) is 2.99. The number of halogens is 1. The van der Waals surface area contributed by atoms with Crippen molar-refractivity contribution in [3.63, 3.8) is 0 Å². The molecule has 1 aromatic carbocycles. The Morgan fingerprint density at radius 3 is 3.00 bits per heavy atom. The van der Waals surface area contributed by atoms with Gasteiger partial charge in [0.2, 0.25) is 0 Å². The SMILES string of the molecule is CC(C)NC(=O)N1CCOC(c2cccc(F)c2)C1. The first-order valence-corrected chi connectivity index (χ1v) is 6.49. The number of morpholine rings is 1. The van der Waals surface area contributed by atoms with Gasteiger partial charge in [-0.2, -0.15) is 0 Å². The van der Waals surface area contributed by atoms with E-state index in [1.54, 1.807) is 11.0 Å². The van der Waals surface area contributed by atoms with Gasteiger partial charge in [0, 0.05) is 12.6 Å². The van der Waals surface area contributed by atoms with Crippen LogP contribution in [0.4, 0.5) is 9.18 Å². The van der Waals surface area contributed by atoms with Crippen LogP contribution in [-0.2, 0) is 4.74 Å². The molecule has 0 aliphatic carbocycles. The van der Waals surface area contributed by atoms with Gasteiger partial charge in [-0.3, -0.25) is 0 Å². The number of hydrogen-bond acceptors (Lipinski definition) is 2. The first-order chi connectivity index (χ1) is 9.06. The van der Waals surface area contributed by atoms with Crippen LogP contribution in [0.5, 0.6) is 0 Å². The highest BCUT2D eigenvalue weighted by atomic mass is 19.1. The fourth-order valence-electron chi connectivity index (χ4n) is 2.08. The minimum Gasteiger partial charge on any atom is -0.370 e. The molecule has 0 bridgehead atoms. The molecule has 1 fully saturated rings. The van der Waals surface area contributed by atoms with Gasteiger partial charge in [0.15, 0.2) is 0 Å². The van der Waals surface area contributed by atoms with E-state index in [9.17, 15) is 9.18 Å². The highest BCUT2D eigenvalue weighted by Crippen LogP contribution is 2.22. The Balaban J connectivity index is 2.03. The van der Waals surface area contributed by atoms with Gasteiger partial charge in [-0.15, -0.1) is 0 Å². The number of carbonyl (C=O) groups excluding carboxylic acids is 1. The molecule has 1 aromatic rings. The smallest absolute Gasteiger partial charge is 0.317 e. The lowest BCUT2D eigenvalue weighted by atomic mass is 10.1. The number of benzene rings is 1. The van der Waals surface area contributed by atoms with E-state index in [0.29, 0.717) is 19.7 Å². The molecule has 1 heterocycles. The maximum absolute atomic E-state index is 13.2. The van der Waals surface area contributed by atoms with Gasteiger partial charge in [0.05, 0.1) is 13.2 Å². The number of amides is 2. The van der Waals surface area contributed by atoms with Crippen LogP contribution in [0.3, 0.4) is 0 Å². The average molecular weight is 266 g/mol. The van der Waals surface area contributed by atoms with Gasteiger partial charge in [-0.1, -0.05) is 12.1 Å². The van der Waals surface area contributed by atoms with Gasteiger partial charge >= 0.3 is 6.03 Å². The highest BCUT2D eigenvalue weighted by molar-refractivity contribution is 5.74. The predicted octanol–water partition coefficient (Wildman–Crippen LogP) is 2.32. The minimum atomic E-state index is -0.287. The fourth-order valence-corrected chi connectivity index (χ4v) is 2.08. The summed E-state index contributed by atoms with van der Waals surface area (Å²) < 4.78 is 18.8. The van der Waals surface area contributed by atoms with Crippen molar-refractivity contribution in [2.75, 3.05) is 19.7 Å². The largest absolute Gasteiger partial charge is 0.370 e. The zero-order valence-electron chi connectivity index (χ0n) is 11.2. The van der Waals surface area contributed by atoms with E-state index in [1.165, 1.54) is 12.1 Å². The van der Waals surface area contributed by atoms with Crippen molar-refractivity contribution in [3.8, 4) is 0 Å². The van der Waals surface area contributed by atoms with Crippen molar-refractivity contribution in [2.24, 2.45) is 0 Å². The number of carbonyl (C=O) groups is 1. The van der Waals surface area contributed by atoms with Crippen LogP contribution in [0.1, 0.15) is 25.5 Å². The lowest BCUT2D eigenvalue weighted by molar-refractivity contribution is -0.0157. The van der Waals surface area contributed by atoms with Crippen LogP contribution in [0.25, 0.3) is 0 Å². The quantitative estimate of drug-likeness (QED) is 0.892. The zero-order valence-corrected chi connectivity index (χ0v) is 11.2. The van der Waals surface area contributed by atoms with E-state index in [2.05, 4.69) is 5.32 Å². The molecule has 4 nitrogen and oxygen atoms in total. The van der Waals surface area contributed by atoms with Crippen LogP contribution in [-0.4, -0.2) is 36.7 Å². The summed E-state index contributed by atoms with van der Waals surface area (Å²) in [7, 11) is 0. The van der Waals surface area contributed by atoms with Crippen molar-refractivity contribution in [3.05, 3.63) is 35.6 Å². The van der Waals surface area contributed by atoms with Gasteiger partial charge in [0.25, 0.3) is 0 Å². The van der Waals surface area contributed by atoms with Gasteiger partial charge < -0.3 is 15.0 Å². The molecule has 5 heteroatoms. The van der Waals surface area contributed by atoms with Crippen LogP contribution in [0, 0.1) is 5.82 Å². The standard InChI is InChI=1S/C14H19FN2O2/c1-10(2)16-14(18)17-6-7-19-13(9-17)11-4-3-5-12(15)8-11/h3-5,8,10,13H,6-7,9H2,1-2H3,(H,16,18). The molecule has 1 unspecified atom stereocenters. The van der Waals surface area contributed by atoms with Crippen molar-refractivity contribution in [1.29, 1.82) is 0 Å². The van der Waals surface area contributed by atoms with E-state index in [0.717, 1.165) is 5.56 Å². The predicted molar refractivity (Wildman–Crippen MR) is 70.3 cm³/mol.